The van der Waals surface area contributed by atoms with Crippen LogP contribution in [0, 0.1) is 5.92 Å². The maximum Gasteiger partial charge on any atom is 0.315 e. The summed E-state index contributed by atoms with van der Waals surface area (Å²) in [5.74, 6) is 0.369. The minimum atomic E-state index is -0.368. The van der Waals surface area contributed by atoms with Crippen molar-refractivity contribution in [2.75, 3.05) is 20.1 Å². The number of likely N-dealkylation sites (tertiary alicyclic amines) is 1. The van der Waals surface area contributed by atoms with Crippen molar-refractivity contribution in [1.29, 1.82) is 0 Å². The first kappa shape index (κ1) is 14.8. The summed E-state index contributed by atoms with van der Waals surface area (Å²) in [7, 11) is 1.75. The van der Waals surface area contributed by atoms with E-state index >= 15 is 0 Å². The standard InChI is InChI=1S/C14H21N3O2S/c1-10(8-11-4-3-7-20-11)9-15-14(19)16-12-5-6-17(2)13(12)18/h3-4,7,10,12H,5-6,8-9H2,1-2H3,(H2,15,16,19)/t10-,12+/m0/s1. The van der Waals surface area contributed by atoms with Gasteiger partial charge in [-0.05, 0) is 30.2 Å². The number of rotatable bonds is 5. The van der Waals surface area contributed by atoms with Gasteiger partial charge in [-0.1, -0.05) is 13.0 Å². The fraction of sp³-hybridized carbons (Fsp3) is 0.571. The van der Waals surface area contributed by atoms with Crippen molar-refractivity contribution in [2.45, 2.75) is 25.8 Å². The van der Waals surface area contributed by atoms with E-state index in [9.17, 15) is 9.59 Å². The van der Waals surface area contributed by atoms with Gasteiger partial charge in [0, 0.05) is 25.0 Å². The highest BCUT2D eigenvalue weighted by atomic mass is 32.1. The Bertz CT molecular complexity index is 461. The molecule has 3 amide bonds. The molecule has 20 heavy (non-hydrogen) atoms. The molecule has 1 aromatic rings. The molecule has 0 unspecified atom stereocenters. The molecule has 1 fully saturated rings. The lowest BCUT2D eigenvalue weighted by atomic mass is 10.1. The van der Waals surface area contributed by atoms with Gasteiger partial charge in [0.05, 0.1) is 0 Å². The zero-order valence-electron chi connectivity index (χ0n) is 11.9. The van der Waals surface area contributed by atoms with Crippen LogP contribution >= 0.6 is 11.3 Å². The fourth-order valence-electron chi connectivity index (χ4n) is 2.28. The van der Waals surface area contributed by atoms with Crippen molar-refractivity contribution in [3.8, 4) is 0 Å². The highest BCUT2D eigenvalue weighted by Gasteiger charge is 2.30. The molecule has 2 atom stereocenters. The first-order valence-corrected chi connectivity index (χ1v) is 7.76. The Morgan fingerprint density at radius 2 is 2.40 bits per heavy atom. The van der Waals surface area contributed by atoms with Crippen LogP contribution < -0.4 is 10.6 Å². The van der Waals surface area contributed by atoms with E-state index in [1.807, 2.05) is 6.07 Å². The maximum atomic E-state index is 11.8. The van der Waals surface area contributed by atoms with Crippen LogP contribution in [0.2, 0.25) is 0 Å². The molecule has 5 nitrogen and oxygen atoms in total. The Kier molecular flexibility index (Phi) is 5.00. The summed E-state index contributed by atoms with van der Waals surface area (Å²) in [6, 6.07) is 3.52. The molecule has 0 spiro atoms. The monoisotopic (exact) mass is 295 g/mol. The normalized spacial score (nSPS) is 20.0. The van der Waals surface area contributed by atoms with E-state index in [1.54, 1.807) is 23.3 Å². The van der Waals surface area contributed by atoms with E-state index in [1.165, 1.54) is 4.88 Å². The molecule has 110 valence electrons. The molecule has 2 rings (SSSR count). The van der Waals surface area contributed by atoms with Gasteiger partial charge in [-0.3, -0.25) is 4.79 Å². The molecular weight excluding hydrogens is 274 g/mol. The Morgan fingerprint density at radius 3 is 3.00 bits per heavy atom. The largest absolute Gasteiger partial charge is 0.344 e. The Labute approximate surface area is 123 Å². The minimum Gasteiger partial charge on any atom is -0.344 e. The number of nitrogens with one attached hydrogen (secondary N) is 2. The zero-order valence-corrected chi connectivity index (χ0v) is 12.7. The molecule has 2 N–H and O–H groups in total. The predicted molar refractivity (Wildman–Crippen MR) is 79.8 cm³/mol. The summed E-state index contributed by atoms with van der Waals surface area (Å²) in [5, 5.41) is 7.64. The van der Waals surface area contributed by atoms with Crippen LogP contribution in [0.15, 0.2) is 17.5 Å². The number of carbonyl (C=O) groups excluding carboxylic acids is 2. The molecule has 0 aliphatic carbocycles. The molecule has 6 heteroatoms. The van der Waals surface area contributed by atoms with E-state index in [-0.39, 0.29) is 18.0 Å². The average Bonchev–Trinajstić information content (AvgIpc) is 3.02. The van der Waals surface area contributed by atoms with Gasteiger partial charge in [0.1, 0.15) is 6.04 Å². The van der Waals surface area contributed by atoms with Crippen LogP contribution in [0.4, 0.5) is 4.79 Å². The highest BCUT2D eigenvalue weighted by molar-refractivity contribution is 7.09. The molecule has 1 aliphatic rings. The summed E-state index contributed by atoms with van der Waals surface area (Å²) < 4.78 is 0. The van der Waals surface area contributed by atoms with E-state index in [0.29, 0.717) is 25.4 Å². The van der Waals surface area contributed by atoms with Crippen LogP contribution in [0.1, 0.15) is 18.2 Å². The zero-order chi connectivity index (χ0) is 14.5. The Balaban J connectivity index is 1.68. The topological polar surface area (TPSA) is 61.4 Å². The molecule has 0 bridgehead atoms. The van der Waals surface area contributed by atoms with Crippen LogP contribution in [-0.2, 0) is 11.2 Å². The van der Waals surface area contributed by atoms with Crippen molar-refractivity contribution < 1.29 is 9.59 Å². The van der Waals surface area contributed by atoms with E-state index in [0.717, 1.165) is 6.42 Å². The molecular formula is C14H21N3O2S. The number of hydrogen-bond donors (Lipinski definition) is 2. The van der Waals surface area contributed by atoms with Crippen molar-refractivity contribution in [3.63, 3.8) is 0 Å². The van der Waals surface area contributed by atoms with Gasteiger partial charge in [-0.25, -0.2) is 4.79 Å². The quantitative estimate of drug-likeness (QED) is 0.864. The Hall–Kier alpha value is -1.56. The summed E-state index contributed by atoms with van der Waals surface area (Å²) in [6.45, 7) is 3.42. The van der Waals surface area contributed by atoms with Crippen molar-refractivity contribution >= 4 is 23.3 Å². The van der Waals surface area contributed by atoms with Crippen LogP contribution in [-0.4, -0.2) is 43.0 Å². The van der Waals surface area contributed by atoms with E-state index in [2.05, 4.69) is 29.0 Å². The van der Waals surface area contributed by atoms with Gasteiger partial charge in [0.15, 0.2) is 0 Å². The smallest absolute Gasteiger partial charge is 0.315 e. The summed E-state index contributed by atoms with van der Waals surface area (Å²) in [4.78, 5) is 26.4. The molecule has 0 radical (unpaired) electrons. The number of urea groups is 1. The van der Waals surface area contributed by atoms with Crippen molar-refractivity contribution in [2.24, 2.45) is 5.92 Å². The SMILES string of the molecule is C[C@H](CNC(=O)N[C@@H]1CCN(C)C1=O)Cc1cccs1. The molecule has 1 aliphatic heterocycles. The molecule has 2 heterocycles. The third-order valence-electron chi connectivity index (χ3n) is 3.47. The molecule has 1 aromatic heterocycles. The highest BCUT2D eigenvalue weighted by Crippen LogP contribution is 2.13. The average molecular weight is 295 g/mol. The Morgan fingerprint density at radius 1 is 1.60 bits per heavy atom. The molecule has 0 saturated carbocycles. The van der Waals surface area contributed by atoms with Gasteiger partial charge >= 0.3 is 6.03 Å². The summed E-state index contributed by atoms with van der Waals surface area (Å²) in [5.41, 5.74) is 0. The molecule has 0 aromatic carbocycles. The third kappa shape index (κ3) is 3.96. The van der Waals surface area contributed by atoms with Gasteiger partial charge in [0.25, 0.3) is 0 Å². The van der Waals surface area contributed by atoms with Gasteiger partial charge in [-0.15, -0.1) is 11.3 Å². The number of hydrogen-bond acceptors (Lipinski definition) is 3. The first-order chi connectivity index (χ1) is 9.56. The lowest BCUT2D eigenvalue weighted by molar-refractivity contribution is -0.128. The second kappa shape index (κ2) is 6.74. The van der Waals surface area contributed by atoms with Crippen molar-refractivity contribution in [3.05, 3.63) is 22.4 Å². The number of carbonyl (C=O) groups is 2. The van der Waals surface area contributed by atoms with Crippen LogP contribution in [0.5, 0.6) is 0 Å². The number of nitrogens with zero attached hydrogens (tertiary/aromatic N) is 1. The van der Waals surface area contributed by atoms with Gasteiger partial charge < -0.3 is 15.5 Å². The van der Waals surface area contributed by atoms with Crippen LogP contribution in [0.3, 0.4) is 0 Å². The van der Waals surface area contributed by atoms with E-state index in [4.69, 9.17) is 0 Å². The predicted octanol–water partition coefficient (Wildman–Crippen LogP) is 1.46. The van der Waals surface area contributed by atoms with Gasteiger partial charge in [-0.2, -0.15) is 0 Å². The van der Waals surface area contributed by atoms with E-state index < -0.39 is 0 Å². The first-order valence-electron chi connectivity index (χ1n) is 6.88. The second-order valence-electron chi connectivity index (χ2n) is 5.34. The fourth-order valence-corrected chi connectivity index (χ4v) is 3.15. The number of thiophene rings is 1. The lowest BCUT2D eigenvalue weighted by Crippen LogP contribution is -2.46. The van der Waals surface area contributed by atoms with Crippen LogP contribution in [0.25, 0.3) is 0 Å². The summed E-state index contributed by atoms with van der Waals surface area (Å²) in [6.07, 6.45) is 1.65. The molecule has 1 saturated heterocycles. The number of amides is 3. The second-order valence-corrected chi connectivity index (χ2v) is 6.38. The maximum absolute atomic E-state index is 11.8. The van der Waals surface area contributed by atoms with Gasteiger partial charge in [0.2, 0.25) is 5.91 Å². The van der Waals surface area contributed by atoms with Crippen molar-refractivity contribution in [1.82, 2.24) is 15.5 Å². The minimum absolute atomic E-state index is 0.00761. The lowest BCUT2D eigenvalue weighted by Gasteiger charge is -2.15. The summed E-state index contributed by atoms with van der Waals surface area (Å²) >= 11 is 1.73. The number of likely N-dealkylation sites (N-methyl/N-ethyl adjacent to an activating group) is 1. The third-order valence-corrected chi connectivity index (χ3v) is 4.37.